The molecule has 7 heteroatoms. The highest BCUT2D eigenvalue weighted by Gasteiger charge is 2.20. The lowest BCUT2D eigenvalue weighted by atomic mass is 10.6. The fourth-order valence-corrected chi connectivity index (χ4v) is 2.32. The van der Waals surface area contributed by atoms with Crippen molar-refractivity contribution in [3.8, 4) is 0 Å². The molecule has 0 aliphatic heterocycles. The maximum Gasteiger partial charge on any atom is 0.307 e. The molecule has 0 saturated carbocycles. The molecule has 1 N–H and O–H groups in total. The molecule has 1 heterocycles. The molecule has 0 aliphatic rings. The van der Waals surface area contributed by atoms with E-state index in [-0.39, 0.29) is 5.02 Å². The summed E-state index contributed by atoms with van der Waals surface area (Å²) >= 11 is 5.73. The first-order valence-electron chi connectivity index (χ1n) is 2.33. The van der Waals surface area contributed by atoms with E-state index in [2.05, 4.69) is 0 Å². The van der Waals surface area contributed by atoms with Gasteiger partial charge in [-0.05, 0) is 0 Å². The lowest BCUT2D eigenvalue weighted by Gasteiger charge is -1.88. The molecule has 1 aromatic rings. The standard InChI is InChI=1S/C4H2ClFO3S2/c5-2-1-10-4(3(2)6)11(7,8)9/h1H,(H,7,8,9). The Labute approximate surface area is 71.2 Å². The molecule has 0 radical (unpaired) electrons. The van der Waals surface area contributed by atoms with E-state index >= 15 is 0 Å². The number of hydrogen-bond acceptors (Lipinski definition) is 3. The van der Waals surface area contributed by atoms with E-state index in [4.69, 9.17) is 16.2 Å². The van der Waals surface area contributed by atoms with Crippen LogP contribution in [0.4, 0.5) is 4.39 Å². The molecule has 0 fully saturated rings. The van der Waals surface area contributed by atoms with Gasteiger partial charge in [0.1, 0.15) is 0 Å². The lowest BCUT2D eigenvalue weighted by molar-refractivity contribution is 0.478. The van der Waals surface area contributed by atoms with Crippen molar-refractivity contribution in [1.82, 2.24) is 0 Å². The van der Waals surface area contributed by atoms with Crippen LogP contribution < -0.4 is 0 Å². The Morgan fingerprint density at radius 1 is 1.64 bits per heavy atom. The van der Waals surface area contributed by atoms with Gasteiger partial charge in [-0.15, -0.1) is 11.3 Å². The Morgan fingerprint density at radius 2 is 2.18 bits per heavy atom. The smallest absolute Gasteiger partial charge is 0.281 e. The van der Waals surface area contributed by atoms with Crippen LogP contribution in [-0.2, 0) is 10.1 Å². The highest BCUT2D eigenvalue weighted by atomic mass is 35.5. The molecule has 0 amide bonds. The van der Waals surface area contributed by atoms with Crippen molar-refractivity contribution in [2.45, 2.75) is 4.21 Å². The summed E-state index contributed by atoms with van der Waals surface area (Å²) in [6.07, 6.45) is 0. The summed E-state index contributed by atoms with van der Waals surface area (Å²) in [7, 11) is -4.45. The molecule has 3 nitrogen and oxygen atoms in total. The molecule has 62 valence electrons. The van der Waals surface area contributed by atoms with Gasteiger partial charge in [0.15, 0.2) is 10.0 Å². The molecule has 0 bridgehead atoms. The van der Waals surface area contributed by atoms with E-state index in [1.165, 1.54) is 0 Å². The van der Waals surface area contributed by atoms with Gasteiger partial charge < -0.3 is 0 Å². The van der Waals surface area contributed by atoms with Crippen LogP contribution in [0.2, 0.25) is 5.02 Å². The van der Waals surface area contributed by atoms with E-state index in [0.29, 0.717) is 11.3 Å². The van der Waals surface area contributed by atoms with Gasteiger partial charge in [0, 0.05) is 5.38 Å². The molecular formula is C4H2ClFO3S2. The van der Waals surface area contributed by atoms with Gasteiger partial charge in [-0.25, -0.2) is 4.39 Å². The Bertz CT molecular complexity index is 369. The summed E-state index contributed by atoms with van der Waals surface area (Å²) in [5.74, 6) is -1.10. The van der Waals surface area contributed by atoms with E-state index in [0.717, 1.165) is 5.38 Å². The van der Waals surface area contributed by atoms with Crippen LogP contribution in [0.3, 0.4) is 0 Å². The van der Waals surface area contributed by atoms with Crippen molar-refractivity contribution in [3.05, 3.63) is 16.2 Å². The Morgan fingerprint density at radius 3 is 2.36 bits per heavy atom. The largest absolute Gasteiger partial charge is 0.307 e. The first kappa shape index (κ1) is 8.92. The minimum Gasteiger partial charge on any atom is -0.281 e. The van der Waals surface area contributed by atoms with Crippen molar-refractivity contribution in [2.75, 3.05) is 0 Å². The number of halogens is 2. The second-order valence-corrected chi connectivity index (χ2v) is 4.56. The van der Waals surface area contributed by atoms with Crippen LogP contribution >= 0.6 is 22.9 Å². The van der Waals surface area contributed by atoms with Gasteiger partial charge in [-0.2, -0.15) is 8.42 Å². The Balaban J connectivity index is 3.38. The van der Waals surface area contributed by atoms with E-state index < -0.39 is 20.1 Å². The van der Waals surface area contributed by atoms with Crippen LogP contribution in [0.25, 0.3) is 0 Å². The van der Waals surface area contributed by atoms with E-state index in [1.807, 2.05) is 0 Å². The summed E-state index contributed by atoms with van der Waals surface area (Å²) < 4.78 is 40.9. The molecule has 11 heavy (non-hydrogen) atoms. The average Bonchev–Trinajstić information content (AvgIpc) is 2.11. The van der Waals surface area contributed by atoms with Crippen LogP contribution in [0.5, 0.6) is 0 Å². The average molecular weight is 217 g/mol. The molecule has 0 aromatic carbocycles. The van der Waals surface area contributed by atoms with Crippen molar-refractivity contribution < 1.29 is 17.4 Å². The summed E-state index contributed by atoms with van der Waals surface area (Å²) in [5, 5.41) is 0.794. The summed E-state index contributed by atoms with van der Waals surface area (Å²) in [4.78, 5) is 0. The molecule has 1 rings (SSSR count). The van der Waals surface area contributed by atoms with Gasteiger partial charge in [-0.1, -0.05) is 11.6 Å². The molecule has 0 aliphatic carbocycles. The van der Waals surface area contributed by atoms with Crippen LogP contribution in [0, 0.1) is 5.82 Å². The van der Waals surface area contributed by atoms with Gasteiger partial charge >= 0.3 is 10.1 Å². The lowest BCUT2D eigenvalue weighted by Crippen LogP contribution is -1.96. The molecule has 0 atom stereocenters. The summed E-state index contributed by atoms with van der Waals surface area (Å²) in [6.45, 7) is 0. The normalized spacial score (nSPS) is 11.9. The first-order chi connectivity index (χ1) is 4.93. The molecule has 0 unspecified atom stereocenters. The first-order valence-corrected chi connectivity index (χ1v) is 5.02. The van der Waals surface area contributed by atoms with Gasteiger partial charge in [0.05, 0.1) is 5.02 Å². The van der Waals surface area contributed by atoms with Crippen LogP contribution in [0.15, 0.2) is 9.59 Å². The van der Waals surface area contributed by atoms with E-state index in [1.54, 1.807) is 0 Å². The molecular weight excluding hydrogens is 215 g/mol. The van der Waals surface area contributed by atoms with Crippen molar-refractivity contribution in [2.24, 2.45) is 0 Å². The topological polar surface area (TPSA) is 54.4 Å². The Kier molecular flexibility index (Phi) is 2.19. The summed E-state index contributed by atoms with van der Waals surface area (Å²) in [5.41, 5.74) is 0. The zero-order valence-electron chi connectivity index (χ0n) is 4.91. The van der Waals surface area contributed by atoms with Crippen molar-refractivity contribution in [3.63, 3.8) is 0 Å². The maximum atomic E-state index is 12.6. The van der Waals surface area contributed by atoms with Crippen molar-refractivity contribution in [1.29, 1.82) is 0 Å². The van der Waals surface area contributed by atoms with E-state index in [9.17, 15) is 12.8 Å². The van der Waals surface area contributed by atoms with Crippen LogP contribution in [0.1, 0.15) is 0 Å². The number of hydrogen-bond donors (Lipinski definition) is 1. The third kappa shape index (κ3) is 1.70. The predicted octanol–water partition coefficient (Wildman–Crippen LogP) is 1.79. The van der Waals surface area contributed by atoms with Gasteiger partial charge in [-0.3, -0.25) is 4.55 Å². The fraction of sp³-hybridized carbons (Fsp3) is 0. The maximum absolute atomic E-state index is 12.6. The third-order valence-corrected chi connectivity index (χ3v) is 3.61. The minimum absolute atomic E-state index is 0.303. The monoisotopic (exact) mass is 216 g/mol. The quantitative estimate of drug-likeness (QED) is 0.729. The highest BCUT2D eigenvalue weighted by molar-refractivity contribution is 7.88. The minimum atomic E-state index is -4.45. The fourth-order valence-electron chi connectivity index (χ4n) is 0.480. The second kappa shape index (κ2) is 2.71. The number of thiophene rings is 1. The highest BCUT2D eigenvalue weighted by Crippen LogP contribution is 2.28. The van der Waals surface area contributed by atoms with Crippen molar-refractivity contribution >= 4 is 33.1 Å². The zero-order chi connectivity index (χ0) is 8.65. The molecule has 0 saturated heterocycles. The number of rotatable bonds is 1. The SMILES string of the molecule is O=S(=O)(O)c1scc(Cl)c1F. The second-order valence-electron chi connectivity index (χ2n) is 1.66. The molecule has 0 spiro atoms. The third-order valence-electron chi connectivity index (χ3n) is 0.893. The van der Waals surface area contributed by atoms with Gasteiger partial charge in [0.25, 0.3) is 0 Å². The predicted molar refractivity (Wildman–Crippen MR) is 39.1 cm³/mol. The van der Waals surface area contributed by atoms with Gasteiger partial charge in [0.2, 0.25) is 0 Å². The van der Waals surface area contributed by atoms with Crippen LogP contribution in [-0.4, -0.2) is 13.0 Å². The zero-order valence-corrected chi connectivity index (χ0v) is 7.30. The Hall–Kier alpha value is -0.170. The molecule has 1 aromatic heterocycles. The summed E-state index contributed by atoms with van der Waals surface area (Å²) in [6, 6.07) is 0.